The number of carbonyl (C=O) groups excluding carboxylic acids is 1. The van der Waals surface area contributed by atoms with E-state index in [2.05, 4.69) is 103 Å². The molecule has 6 atom stereocenters. The third-order valence-corrected chi connectivity index (χ3v) is 10.2. The molecule has 0 aliphatic carbocycles. The van der Waals surface area contributed by atoms with Crippen LogP contribution in [0.2, 0.25) is 0 Å². The minimum Gasteiger partial charge on any atom is -0.457 e. The molecule has 12 nitrogen and oxygen atoms in total. The maximum absolute atomic E-state index is 12.8. The molecule has 1 rings (SSSR count). The Morgan fingerprint density at radius 3 is 1.67 bits per heavy atom. The van der Waals surface area contributed by atoms with Gasteiger partial charge in [-0.25, -0.2) is 4.18 Å². The molecular weight excluding hydrogens is 801 g/mol. The summed E-state index contributed by atoms with van der Waals surface area (Å²) in [5.74, 6) is -0.426. The smallest absolute Gasteiger partial charge is 0.397 e. The Balaban J connectivity index is 2.44. The van der Waals surface area contributed by atoms with Gasteiger partial charge in [-0.1, -0.05) is 137 Å². The van der Waals surface area contributed by atoms with Crippen molar-refractivity contribution in [3.63, 3.8) is 0 Å². The summed E-state index contributed by atoms with van der Waals surface area (Å²) in [6, 6.07) is 0. The molecule has 4 N–H and O–H groups in total. The molecule has 1 heterocycles. The van der Waals surface area contributed by atoms with E-state index in [9.17, 15) is 28.5 Å². The van der Waals surface area contributed by atoms with E-state index in [4.69, 9.17) is 23.5 Å². The normalized spacial score (nSPS) is 20.9. The monoisotopic (exact) mass is 881 g/mol. The molecule has 0 aromatic heterocycles. The summed E-state index contributed by atoms with van der Waals surface area (Å²) in [6.45, 7) is 3.73. The lowest BCUT2D eigenvalue weighted by atomic mass is 9.99. The Hall–Kier alpha value is -2.72. The van der Waals surface area contributed by atoms with Gasteiger partial charge in [0.2, 0.25) is 0 Å². The van der Waals surface area contributed by atoms with E-state index in [0.29, 0.717) is 13.0 Å². The van der Waals surface area contributed by atoms with Gasteiger partial charge in [-0.2, -0.15) is 8.42 Å². The summed E-state index contributed by atoms with van der Waals surface area (Å²) in [4.78, 5) is 12.8. The van der Waals surface area contributed by atoms with Crippen molar-refractivity contribution in [1.29, 1.82) is 0 Å². The summed E-state index contributed by atoms with van der Waals surface area (Å²) in [6.07, 6.45) is 41.9. The number of aliphatic hydroxyl groups is 3. The second kappa shape index (κ2) is 38.9. The van der Waals surface area contributed by atoms with Crippen molar-refractivity contribution in [2.24, 2.45) is 0 Å². The average Bonchev–Trinajstić information content (AvgIpc) is 3.23. The van der Waals surface area contributed by atoms with E-state index < -0.39 is 59.8 Å². The van der Waals surface area contributed by atoms with Crippen LogP contribution in [0.5, 0.6) is 0 Å². The first kappa shape index (κ1) is 56.3. The number of hydrogen-bond donors (Lipinski definition) is 4. The summed E-state index contributed by atoms with van der Waals surface area (Å²) in [5.41, 5.74) is 0. The van der Waals surface area contributed by atoms with Gasteiger partial charge in [0.25, 0.3) is 0 Å². The number of allylic oxidation sites excluding steroid dienone is 14. The van der Waals surface area contributed by atoms with E-state index in [1.165, 1.54) is 19.3 Å². The van der Waals surface area contributed by atoms with Gasteiger partial charge in [0, 0.05) is 13.0 Å². The fourth-order valence-corrected chi connectivity index (χ4v) is 6.82. The van der Waals surface area contributed by atoms with Gasteiger partial charge in [0.1, 0.15) is 30.5 Å². The molecule has 0 saturated carbocycles. The van der Waals surface area contributed by atoms with Crippen molar-refractivity contribution in [3.05, 3.63) is 85.1 Å². The zero-order chi connectivity index (χ0) is 44.7. The first-order valence-electron chi connectivity index (χ1n) is 22.8. The van der Waals surface area contributed by atoms with E-state index in [-0.39, 0.29) is 19.6 Å². The molecule has 1 aliphatic rings. The minimum atomic E-state index is -5.07. The van der Waals surface area contributed by atoms with Crippen molar-refractivity contribution < 1.29 is 56.2 Å². The molecule has 6 unspecified atom stereocenters. The summed E-state index contributed by atoms with van der Waals surface area (Å²) in [5, 5.41) is 30.6. The van der Waals surface area contributed by atoms with Crippen LogP contribution in [0, 0.1) is 0 Å². The molecule has 0 spiro atoms. The molecule has 0 aromatic rings. The molecule has 13 heteroatoms. The van der Waals surface area contributed by atoms with Gasteiger partial charge in [-0.15, -0.1) is 0 Å². The second-order valence-corrected chi connectivity index (χ2v) is 16.3. The fourth-order valence-electron chi connectivity index (χ4n) is 6.32. The topological polar surface area (TPSA) is 178 Å². The highest BCUT2D eigenvalue weighted by atomic mass is 32.3. The predicted octanol–water partition coefficient (Wildman–Crippen LogP) is 9.68. The van der Waals surface area contributed by atoms with Crippen molar-refractivity contribution in [2.45, 2.75) is 185 Å². The van der Waals surface area contributed by atoms with Crippen LogP contribution in [0.3, 0.4) is 0 Å². The quantitative estimate of drug-likeness (QED) is 0.0200. The first-order valence-corrected chi connectivity index (χ1v) is 24.2. The molecule has 350 valence electrons. The van der Waals surface area contributed by atoms with Crippen molar-refractivity contribution in [1.82, 2.24) is 0 Å². The molecule has 0 aromatic carbocycles. The third-order valence-electron chi connectivity index (χ3n) is 9.75. The van der Waals surface area contributed by atoms with Crippen molar-refractivity contribution in [2.75, 3.05) is 26.4 Å². The third kappa shape index (κ3) is 32.6. The van der Waals surface area contributed by atoms with E-state index in [1.54, 1.807) is 0 Å². The SMILES string of the molecule is CC/C=C\C/C=C\C/C=C\C/C=C\C/C=C\C/C=C\CCCCCOCC(COC1OC(CO)C(O)C(OS(=O)(=O)O)C1O)OC(=O)CCCCCCC/C=C\CCCCC. The van der Waals surface area contributed by atoms with E-state index in [0.717, 1.165) is 103 Å². The van der Waals surface area contributed by atoms with Crippen LogP contribution in [-0.2, 0) is 38.3 Å². The number of aliphatic hydroxyl groups excluding tert-OH is 3. The maximum atomic E-state index is 12.8. The van der Waals surface area contributed by atoms with Crippen molar-refractivity contribution >= 4 is 16.4 Å². The average molecular weight is 881 g/mol. The van der Waals surface area contributed by atoms with Gasteiger partial charge in [0.15, 0.2) is 6.29 Å². The number of unbranched alkanes of at least 4 members (excludes halogenated alkanes) is 11. The Kier molecular flexibility index (Phi) is 35.9. The number of esters is 1. The lowest BCUT2D eigenvalue weighted by molar-refractivity contribution is -0.301. The maximum Gasteiger partial charge on any atom is 0.397 e. The van der Waals surface area contributed by atoms with Crippen LogP contribution in [0.1, 0.15) is 149 Å². The largest absolute Gasteiger partial charge is 0.457 e. The fraction of sp³-hybridized carbons (Fsp3) is 0.688. The van der Waals surface area contributed by atoms with Gasteiger partial charge in [-0.05, 0) is 89.9 Å². The van der Waals surface area contributed by atoms with Crippen LogP contribution in [0.25, 0.3) is 0 Å². The highest BCUT2D eigenvalue weighted by molar-refractivity contribution is 7.80. The summed E-state index contributed by atoms with van der Waals surface area (Å²) >= 11 is 0. The lowest BCUT2D eigenvalue weighted by Crippen LogP contribution is -2.60. The van der Waals surface area contributed by atoms with Crippen LogP contribution >= 0.6 is 0 Å². The zero-order valence-electron chi connectivity index (χ0n) is 37.2. The lowest BCUT2D eigenvalue weighted by Gasteiger charge is -2.41. The van der Waals surface area contributed by atoms with Crippen molar-refractivity contribution in [3.8, 4) is 0 Å². The van der Waals surface area contributed by atoms with Crippen LogP contribution < -0.4 is 0 Å². The predicted molar refractivity (Wildman–Crippen MR) is 243 cm³/mol. The van der Waals surface area contributed by atoms with Crippen LogP contribution in [0.15, 0.2) is 85.1 Å². The number of rotatable bonds is 38. The van der Waals surface area contributed by atoms with E-state index in [1.807, 2.05) is 0 Å². The Bertz CT molecular complexity index is 1390. The minimum absolute atomic E-state index is 0.00463. The van der Waals surface area contributed by atoms with Crippen LogP contribution in [0.4, 0.5) is 0 Å². The molecular formula is C48H80O12S. The number of carbonyl (C=O) groups is 1. The second-order valence-electron chi connectivity index (χ2n) is 15.3. The number of hydrogen-bond acceptors (Lipinski definition) is 11. The van der Waals surface area contributed by atoms with Gasteiger partial charge in [-0.3, -0.25) is 9.35 Å². The Morgan fingerprint density at radius 1 is 0.639 bits per heavy atom. The molecule has 0 bridgehead atoms. The zero-order valence-corrected chi connectivity index (χ0v) is 38.0. The highest BCUT2D eigenvalue weighted by Crippen LogP contribution is 2.26. The first-order chi connectivity index (χ1) is 29.6. The molecule has 0 radical (unpaired) electrons. The molecule has 1 fully saturated rings. The Labute approximate surface area is 368 Å². The summed E-state index contributed by atoms with van der Waals surface area (Å²) < 4.78 is 59.0. The van der Waals surface area contributed by atoms with Gasteiger partial charge >= 0.3 is 16.4 Å². The van der Waals surface area contributed by atoms with Crippen LogP contribution in [-0.4, -0.2) is 97.5 Å². The molecule has 0 amide bonds. The molecule has 1 aliphatic heterocycles. The number of ether oxygens (including phenoxy) is 4. The standard InChI is InChI=1S/C48H80O12S/c1-3-5-7-9-11-13-15-17-18-19-20-21-22-23-24-25-26-28-30-32-34-36-38-56-40-42(58-44(50)37-35-33-31-29-27-16-14-12-10-8-6-4-2)41-57-48-46(52)47(60-61(53,54)55)45(51)43(39-49)59-48/h5,7,11-14,17-18,20-21,23-24,26,28,42-43,45-49,51-52H,3-4,6,8-10,15-16,19,22,25,27,29-41H2,1-2H3,(H,53,54,55)/b7-5-,13-11-,14-12-,18-17-,21-20-,24-23-,28-26-. The van der Waals surface area contributed by atoms with Gasteiger partial charge in [0.05, 0.1) is 19.8 Å². The van der Waals surface area contributed by atoms with E-state index >= 15 is 0 Å². The summed E-state index contributed by atoms with van der Waals surface area (Å²) in [7, 11) is -5.07. The highest BCUT2D eigenvalue weighted by Gasteiger charge is 2.48. The molecule has 1 saturated heterocycles. The van der Waals surface area contributed by atoms with Gasteiger partial charge < -0.3 is 34.3 Å². The Morgan fingerprint density at radius 2 is 1.13 bits per heavy atom. The molecule has 61 heavy (non-hydrogen) atoms.